The molecule has 2 N–H and O–H groups in total. The number of nitrogens with one attached hydrogen (secondary N) is 1. The Balaban J connectivity index is 2.61. The number of aliphatic hydroxyl groups excluding tert-OH is 1. The average molecular weight is 257 g/mol. The van der Waals surface area contributed by atoms with E-state index in [0.717, 1.165) is 5.56 Å². The fraction of sp³-hybridized carbons (Fsp3) is 0.500. The quantitative estimate of drug-likeness (QED) is 0.763. The van der Waals surface area contributed by atoms with Crippen LogP contribution >= 0.6 is 0 Å². The molecule has 0 bridgehead atoms. The van der Waals surface area contributed by atoms with E-state index in [0.29, 0.717) is 12.8 Å². The number of benzene rings is 1. The Hall–Kier alpha value is -0.910. The Morgan fingerprint density at radius 1 is 1.29 bits per heavy atom. The standard InChI is InChI=1S/C12H19NO3S/c1-2-8-17(15,16)13-12(10-14)9-11-6-4-3-5-7-11/h3-7,12-14H,2,8-10H2,1H3/t12-/m1/s1. The van der Waals surface area contributed by atoms with Crippen molar-refractivity contribution in [1.29, 1.82) is 0 Å². The predicted octanol–water partition coefficient (Wildman–Crippen LogP) is 0.919. The van der Waals surface area contributed by atoms with Gasteiger partial charge >= 0.3 is 0 Å². The zero-order valence-corrected chi connectivity index (χ0v) is 10.8. The number of aliphatic hydroxyl groups is 1. The highest BCUT2D eigenvalue weighted by Gasteiger charge is 2.16. The third-order valence-electron chi connectivity index (χ3n) is 2.36. The maximum Gasteiger partial charge on any atom is 0.211 e. The topological polar surface area (TPSA) is 66.4 Å². The Kier molecular flexibility index (Phi) is 5.61. The maximum absolute atomic E-state index is 11.6. The largest absolute Gasteiger partial charge is 0.395 e. The number of hydrogen-bond donors (Lipinski definition) is 2. The summed E-state index contributed by atoms with van der Waals surface area (Å²) < 4.78 is 25.7. The monoisotopic (exact) mass is 257 g/mol. The minimum Gasteiger partial charge on any atom is -0.395 e. The lowest BCUT2D eigenvalue weighted by molar-refractivity contribution is 0.256. The summed E-state index contributed by atoms with van der Waals surface area (Å²) >= 11 is 0. The van der Waals surface area contributed by atoms with Crippen LogP contribution in [0.1, 0.15) is 18.9 Å². The molecule has 17 heavy (non-hydrogen) atoms. The summed E-state index contributed by atoms with van der Waals surface area (Å²) in [5.41, 5.74) is 1.01. The van der Waals surface area contributed by atoms with Crippen LogP contribution in [-0.2, 0) is 16.4 Å². The van der Waals surface area contributed by atoms with Crippen LogP contribution in [-0.4, -0.2) is 31.9 Å². The summed E-state index contributed by atoms with van der Waals surface area (Å²) in [6.45, 7) is 1.61. The second kappa shape index (κ2) is 6.74. The van der Waals surface area contributed by atoms with Gasteiger partial charge in [0.15, 0.2) is 0 Å². The van der Waals surface area contributed by atoms with E-state index in [9.17, 15) is 13.5 Å². The fourth-order valence-corrected chi connectivity index (χ4v) is 2.94. The third kappa shape index (κ3) is 5.30. The average Bonchev–Trinajstić information content (AvgIpc) is 2.29. The molecule has 0 amide bonds. The molecule has 0 aliphatic carbocycles. The first kappa shape index (κ1) is 14.2. The number of hydrogen-bond acceptors (Lipinski definition) is 3. The zero-order chi connectivity index (χ0) is 12.7. The maximum atomic E-state index is 11.6. The minimum absolute atomic E-state index is 0.0955. The molecule has 1 aromatic carbocycles. The van der Waals surface area contributed by atoms with Crippen molar-refractivity contribution >= 4 is 10.0 Å². The second-order valence-electron chi connectivity index (χ2n) is 4.01. The van der Waals surface area contributed by atoms with Gasteiger partial charge in [0.2, 0.25) is 10.0 Å². The molecule has 0 aromatic heterocycles. The van der Waals surface area contributed by atoms with Crippen LogP contribution in [0.5, 0.6) is 0 Å². The van der Waals surface area contributed by atoms with Gasteiger partial charge in [-0.15, -0.1) is 0 Å². The SMILES string of the molecule is CCCS(=O)(=O)N[C@@H](CO)Cc1ccccc1. The molecule has 0 radical (unpaired) electrons. The van der Waals surface area contributed by atoms with E-state index >= 15 is 0 Å². The molecule has 0 spiro atoms. The molecule has 96 valence electrons. The second-order valence-corrected chi connectivity index (χ2v) is 5.88. The van der Waals surface area contributed by atoms with Gasteiger partial charge in [-0.3, -0.25) is 0 Å². The van der Waals surface area contributed by atoms with Gasteiger partial charge in [-0.05, 0) is 18.4 Å². The molecule has 0 fully saturated rings. The Morgan fingerprint density at radius 3 is 2.47 bits per heavy atom. The van der Waals surface area contributed by atoms with Crippen LogP contribution in [0.15, 0.2) is 30.3 Å². The summed E-state index contributed by atoms with van der Waals surface area (Å²) in [5, 5.41) is 9.19. The molecule has 0 aliphatic heterocycles. The van der Waals surface area contributed by atoms with Gasteiger partial charge in [-0.1, -0.05) is 37.3 Å². The highest BCUT2D eigenvalue weighted by atomic mass is 32.2. The van der Waals surface area contributed by atoms with Crippen molar-refractivity contribution in [2.45, 2.75) is 25.8 Å². The van der Waals surface area contributed by atoms with E-state index in [2.05, 4.69) is 4.72 Å². The molecule has 1 atom stereocenters. The highest BCUT2D eigenvalue weighted by Crippen LogP contribution is 2.04. The lowest BCUT2D eigenvalue weighted by Gasteiger charge is -2.16. The van der Waals surface area contributed by atoms with Gasteiger partial charge in [0.25, 0.3) is 0 Å². The smallest absolute Gasteiger partial charge is 0.211 e. The molecular weight excluding hydrogens is 238 g/mol. The van der Waals surface area contributed by atoms with Crippen LogP contribution in [0.3, 0.4) is 0 Å². The lowest BCUT2D eigenvalue weighted by atomic mass is 10.1. The van der Waals surface area contributed by atoms with Crippen LogP contribution in [0.4, 0.5) is 0 Å². The molecule has 5 heteroatoms. The van der Waals surface area contributed by atoms with Gasteiger partial charge in [0.05, 0.1) is 12.4 Å². The molecule has 0 aliphatic rings. The number of sulfonamides is 1. The number of rotatable bonds is 7. The van der Waals surface area contributed by atoms with Gasteiger partial charge in [0, 0.05) is 6.04 Å². The molecule has 1 aromatic rings. The van der Waals surface area contributed by atoms with E-state index in [1.54, 1.807) is 0 Å². The van der Waals surface area contributed by atoms with Crippen molar-refractivity contribution in [2.75, 3.05) is 12.4 Å². The molecule has 0 heterocycles. The van der Waals surface area contributed by atoms with Crippen molar-refractivity contribution in [3.8, 4) is 0 Å². The van der Waals surface area contributed by atoms with E-state index in [-0.39, 0.29) is 12.4 Å². The van der Waals surface area contributed by atoms with Crippen LogP contribution in [0, 0.1) is 0 Å². The first-order valence-corrected chi connectivity index (χ1v) is 7.37. The van der Waals surface area contributed by atoms with E-state index in [1.807, 2.05) is 37.3 Å². The summed E-state index contributed by atoms with van der Waals surface area (Å²) in [6.07, 6.45) is 1.07. The normalized spacial score (nSPS) is 13.5. The van der Waals surface area contributed by atoms with E-state index in [1.165, 1.54) is 0 Å². The molecule has 1 rings (SSSR count). The predicted molar refractivity (Wildman–Crippen MR) is 68.2 cm³/mol. The molecule has 0 saturated heterocycles. The van der Waals surface area contributed by atoms with Crippen LogP contribution in [0.25, 0.3) is 0 Å². The van der Waals surface area contributed by atoms with Gasteiger partial charge in [-0.25, -0.2) is 13.1 Å². The molecule has 4 nitrogen and oxygen atoms in total. The summed E-state index contributed by atoms with van der Waals surface area (Å²) in [4.78, 5) is 0. The van der Waals surface area contributed by atoms with Crippen LogP contribution < -0.4 is 4.72 Å². The van der Waals surface area contributed by atoms with E-state index in [4.69, 9.17) is 0 Å². The van der Waals surface area contributed by atoms with Gasteiger partial charge < -0.3 is 5.11 Å². The minimum atomic E-state index is -3.27. The van der Waals surface area contributed by atoms with Crippen molar-refractivity contribution in [3.63, 3.8) is 0 Å². The van der Waals surface area contributed by atoms with E-state index < -0.39 is 16.1 Å². The van der Waals surface area contributed by atoms with Crippen molar-refractivity contribution in [2.24, 2.45) is 0 Å². The Morgan fingerprint density at radius 2 is 1.94 bits per heavy atom. The van der Waals surface area contributed by atoms with Crippen molar-refractivity contribution in [1.82, 2.24) is 4.72 Å². The third-order valence-corrected chi connectivity index (χ3v) is 4.00. The molecule has 0 saturated carbocycles. The molecular formula is C12H19NO3S. The first-order valence-electron chi connectivity index (χ1n) is 5.72. The fourth-order valence-electron chi connectivity index (χ4n) is 1.62. The van der Waals surface area contributed by atoms with Crippen molar-refractivity contribution in [3.05, 3.63) is 35.9 Å². The lowest BCUT2D eigenvalue weighted by Crippen LogP contribution is -2.40. The van der Waals surface area contributed by atoms with Crippen molar-refractivity contribution < 1.29 is 13.5 Å². The summed E-state index contributed by atoms with van der Waals surface area (Å²) in [6, 6.07) is 9.06. The van der Waals surface area contributed by atoms with Gasteiger partial charge in [0.1, 0.15) is 0 Å². The summed E-state index contributed by atoms with van der Waals surface area (Å²) in [5.74, 6) is 0.0955. The zero-order valence-electron chi connectivity index (χ0n) is 9.96. The van der Waals surface area contributed by atoms with Crippen LogP contribution in [0.2, 0.25) is 0 Å². The Bertz CT molecular complexity index is 417. The van der Waals surface area contributed by atoms with Gasteiger partial charge in [-0.2, -0.15) is 0 Å². The Labute approximate surface area is 103 Å². The summed E-state index contributed by atoms with van der Waals surface area (Å²) in [7, 11) is -3.27. The highest BCUT2D eigenvalue weighted by molar-refractivity contribution is 7.89. The molecule has 0 unspecified atom stereocenters. The first-order chi connectivity index (χ1) is 8.07.